The minimum Gasteiger partial charge on any atom is -0.490 e. The molecule has 7 nitrogen and oxygen atoms in total. The topological polar surface area (TPSA) is 83.1 Å². The monoisotopic (exact) mass is 391 g/mol. The normalized spacial score (nSPS) is 10.1. The fourth-order valence-corrected chi connectivity index (χ4v) is 2.19. The lowest BCUT2D eigenvalue weighted by Gasteiger charge is -2.13. The Kier molecular flexibility index (Phi) is 8.08. The Morgan fingerprint density at radius 3 is 2.25 bits per heavy atom. The molecule has 0 unspecified atom stereocenters. The molecule has 0 spiro atoms. The lowest BCUT2D eigenvalue weighted by molar-refractivity contribution is -0.149. The van der Waals surface area contributed by atoms with Crippen LogP contribution in [0.5, 0.6) is 17.2 Å². The molecule has 0 aliphatic heterocycles. The lowest BCUT2D eigenvalue weighted by atomic mass is 10.2. The van der Waals surface area contributed by atoms with Crippen LogP contribution in [0.3, 0.4) is 0 Å². The number of esters is 1. The summed E-state index contributed by atoms with van der Waals surface area (Å²) in [5.74, 6) is -0.240. The molecule has 0 aliphatic rings. The molecule has 150 valence electrons. The van der Waals surface area contributed by atoms with E-state index in [1.807, 2.05) is 13.8 Å². The maximum Gasteiger partial charge on any atom is 0.344 e. The van der Waals surface area contributed by atoms with Gasteiger partial charge in [-0.2, -0.15) is 0 Å². The number of benzene rings is 2. The summed E-state index contributed by atoms with van der Waals surface area (Å²) in [7, 11) is 0. The Bertz CT molecular complexity index is 794. The van der Waals surface area contributed by atoms with Gasteiger partial charge in [0.15, 0.2) is 24.7 Å². The molecule has 0 radical (unpaired) electrons. The van der Waals surface area contributed by atoms with E-state index in [1.165, 1.54) is 24.3 Å². The molecule has 2 aromatic carbocycles. The number of carbonyl (C=O) groups excluding carboxylic acids is 2. The minimum atomic E-state index is -0.721. The van der Waals surface area contributed by atoms with Crippen molar-refractivity contribution in [3.63, 3.8) is 0 Å². The molecule has 0 aromatic heterocycles. The average molecular weight is 391 g/mol. The SMILES string of the molecule is CCOc1ccc(NC(=O)COC(=O)COc2ccc(F)cc2)cc1OCC. The zero-order valence-electron chi connectivity index (χ0n) is 15.7. The summed E-state index contributed by atoms with van der Waals surface area (Å²) in [6.45, 7) is 3.78. The average Bonchev–Trinajstić information content (AvgIpc) is 2.68. The fourth-order valence-electron chi connectivity index (χ4n) is 2.19. The van der Waals surface area contributed by atoms with E-state index in [-0.39, 0.29) is 0 Å². The number of rotatable bonds is 10. The molecular weight excluding hydrogens is 369 g/mol. The lowest BCUT2D eigenvalue weighted by Crippen LogP contribution is -2.23. The first-order chi connectivity index (χ1) is 13.5. The van der Waals surface area contributed by atoms with Crippen molar-refractivity contribution < 1.29 is 32.9 Å². The largest absolute Gasteiger partial charge is 0.490 e. The molecule has 2 rings (SSSR count). The number of nitrogens with one attached hydrogen (secondary N) is 1. The van der Waals surface area contributed by atoms with Crippen molar-refractivity contribution >= 4 is 17.6 Å². The van der Waals surface area contributed by atoms with E-state index < -0.39 is 30.9 Å². The van der Waals surface area contributed by atoms with Crippen LogP contribution in [0, 0.1) is 5.82 Å². The molecule has 28 heavy (non-hydrogen) atoms. The predicted molar refractivity (Wildman–Crippen MR) is 100 cm³/mol. The minimum absolute atomic E-state index is 0.320. The Labute approximate surface area is 162 Å². The third-order valence-electron chi connectivity index (χ3n) is 3.36. The smallest absolute Gasteiger partial charge is 0.344 e. The van der Waals surface area contributed by atoms with Crippen LogP contribution in [0.4, 0.5) is 10.1 Å². The first kappa shape index (κ1) is 21.0. The molecular formula is C20H22FNO6. The van der Waals surface area contributed by atoms with Gasteiger partial charge in [-0.3, -0.25) is 4.79 Å². The Hall–Kier alpha value is -3.29. The van der Waals surface area contributed by atoms with Crippen LogP contribution in [-0.2, 0) is 14.3 Å². The number of anilines is 1. The van der Waals surface area contributed by atoms with E-state index in [0.717, 1.165) is 0 Å². The van der Waals surface area contributed by atoms with Crippen LogP contribution in [-0.4, -0.2) is 38.3 Å². The third kappa shape index (κ3) is 6.79. The fraction of sp³-hybridized carbons (Fsp3) is 0.300. The van der Waals surface area contributed by atoms with Crippen LogP contribution in [0.15, 0.2) is 42.5 Å². The zero-order valence-corrected chi connectivity index (χ0v) is 15.7. The van der Waals surface area contributed by atoms with Gasteiger partial charge < -0.3 is 24.3 Å². The van der Waals surface area contributed by atoms with E-state index >= 15 is 0 Å². The third-order valence-corrected chi connectivity index (χ3v) is 3.36. The molecule has 0 saturated carbocycles. The molecule has 0 saturated heterocycles. The van der Waals surface area contributed by atoms with Gasteiger partial charge in [0.1, 0.15) is 11.6 Å². The molecule has 1 amide bonds. The van der Waals surface area contributed by atoms with Crippen molar-refractivity contribution in [1.82, 2.24) is 0 Å². The molecule has 0 fully saturated rings. The summed E-state index contributed by atoms with van der Waals surface area (Å²) in [4.78, 5) is 23.6. The summed E-state index contributed by atoms with van der Waals surface area (Å²) in [6.07, 6.45) is 0. The maximum absolute atomic E-state index is 12.8. The van der Waals surface area contributed by atoms with E-state index in [4.69, 9.17) is 18.9 Å². The van der Waals surface area contributed by atoms with Gasteiger partial charge in [-0.1, -0.05) is 0 Å². The zero-order chi connectivity index (χ0) is 20.4. The predicted octanol–water partition coefficient (Wildman–Crippen LogP) is 3.18. The second kappa shape index (κ2) is 10.8. The number of ether oxygens (including phenoxy) is 4. The molecule has 0 aliphatic carbocycles. The summed E-state index contributed by atoms with van der Waals surface area (Å²) in [5, 5.41) is 2.61. The summed E-state index contributed by atoms with van der Waals surface area (Å²) in [5.41, 5.74) is 0.482. The van der Waals surface area contributed by atoms with Gasteiger partial charge >= 0.3 is 5.97 Å². The first-order valence-corrected chi connectivity index (χ1v) is 8.75. The molecule has 0 atom stereocenters. The van der Waals surface area contributed by atoms with Gasteiger partial charge in [-0.15, -0.1) is 0 Å². The van der Waals surface area contributed by atoms with Crippen molar-refractivity contribution in [3.05, 3.63) is 48.3 Å². The van der Waals surface area contributed by atoms with Gasteiger partial charge in [0.25, 0.3) is 5.91 Å². The van der Waals surface area contributed by atoms with E-state index in [1.54, 1.807) is 18.2 Å². The van der Waals surface area contributed by atoms with Crippen LogP contribution in [0.2, 0.25) is 0 Å². The quantitative estimate of drug-likeness (QED) is 0.627. The van der Waals surface area contributed by atoms with Crippen molar-refractivity contribution in [1.29, 1.82) is 0 Å². The highest BCUT2D eigenvalue weighted by Crippen LogP contribution is 2.30. The summed E-state index contributed by atoms with van der Waals surface area (Å²) < 4.78 is 33.7. The number of amides is 1. The molecule has 8 heteroatoms. The van der Waals surface area contributed by atoms with E-state index in [2.05, 4.69) is 5.32 Å². The highest BCUT2D eigenvalue weighted by molar-refractivity contribution is 5.93. The van der Waals surface area contributed by atoms with Gasteiger partial charge in [-0.05, 0) is 50.2 Å². The van der Waals surface area contributed by atoms with Gasteiger partial charge in [0, 0.05) is 11.8 Å². The maximum atomic E-state index is 12.8. The Morgan fingerprint density at radius 1 is 0.893 bits per heavy atom. The van der Waals surface area contributed by atoms with Crippen molar-refractivity contribution in [2.45, 2.75) is 13.8 Å². The molecule has 2 aromatic rings. The molecule has 1 N–H and O–H groups in total. The Morgan fingerprint density at radius 2 is 1.57 bits per heavy atom. The van der Waals surface area contributed by atoms with Gasteiger partial charge in [-0.25, -0.2) is 9.18 Å². The van der Waals surface area contributed by atoms with Crippen LogP contribution >= 0.6 is 0 Å². The highest BCUT2D eigenvalue weighted by atomic mass is 19.1. The number of halogens is 1. The van der Waals surface area contributed by atoms with Gasteiger partial charge in [0.2, 0.25) is 0 Å². The highest BCUT2D eigenvalue weighted by Gasteiger charge is 2.11. The van der Waals surface area contributed by atoms with Crippen molar-refractivity contribution in [2.24, 2.45) is 0 Å². The number of hydrogen-bond acceptors (Lipinski definition) is 6. The number of carbonyl (C=O) groups is 2. The van der Waals surface area contributed by atoms with Crippen molar-refractivity contribution in [3.8, 4) is 17.2 Å². The Balaban J connectivity index is 1.80. The van der Waals surface area contributed by atoms with Crippen molar-refractivity contribution in [2.75, 3.05) is 31.7 Å². The van der Waals surface area contributed by atoms with Crippen LogP contribution in [0.25, 0.3) is 0 Å². The standard InChI is InChI=1S/C20H22FNO6/c1-3-25-17-10-7-15(11-18(17)26-4-2)22-19(23)12-28-20(24)13-27-16-8-5-14(21)6-9-16/h5-11H,3-4,12-13H2,1-2H3,(H,22,23). The van der Waals surface area contributed by atoms with Crippen LogP contribution < -0.4 is 19.5 Å². The molecule has 0 heterocycles. The summed E-state index contributed by atoms with van der Waals surface area (Å²) >= 11 is 0. The molecule has 0 bridgehead atoms. The second-order valence-electron chi connectivity index (χ2n) is 5.48. The second-order valence-corrected chi connectivity index (χ2v) is 5.48. The van der Waals surface area contributed by atoms with E-state index in [0.29, 0.717) is 36.1 Å². The van der Waals surface area contributed by atoms with Crippen LogP contribution in [0.1, 0.15) is 13.8 Å². The number of hydrogen-bond donors (Lipinski definition) is 1. The summed E-state index contributed by atoms with van der Waals surface area (Å²) in [6, 6.07) is 10.2. The first-order valence-electron chi connectivity index (χ1n) is 8.75. The van der Waals surface area contributed by atoms with E-state index in [9.17, 15) is 14.0 Å². The van der Waals surface area contributed by atoms with Gasteiger partial charge in [0.05, 0.1) is 13.2 Å².